The van der Waals surface area contributed by atoms with E-state index in [4.69, 9.17) is 4.74 Å². The van der Waals surface area contributed by atoms with Gasteiger partial charge in [-0.25, -0.2) is 0 Å². The number of aryl methyl sites for hydroxylation is 2. The highest BCUT2D eigenvalue weighted by Gasteiger charge is 2.15. The zero-order chi connectivity index (χ0) is 13.5. The smallest absolute Gasteiger partial charge is 0.261 e. The van der Waals surface area contributed by atoms with E-state index in [9.17, 15) is 4.79 Å². The molecule has 1 aliphatic rings. The molecule has 1 aromatic rings. The minimum absolute atomic E-state index is 0.0767. The SMILES string of the molecule is COCCCNC(=O)c1cc2c(s1)CCCCCC2. The van der Waals surface area contributed by atoms with Crippen molar-refractivity contribution in [2.45, 2.75) is 44.9 Å². The van der Waals surface area contributed by atoms with Gasteiger partial charge in [0, 0.05) is 25.1 Å². The molecule has 19 heavy (non-hydrogen) atoms. The van der Waals surface area contributed by atoms with Crippen molar-refractivity contribution in [3.05, 3.63) is 21.4 Å². The average Bonchev–Trinajstić information content (AvgIpc) is 2.77. The van der Waals surface area contributed by atoms with Gasteiger partial charge in [-0.15, -0.1) is 11.3 Å². The van der Waals surface area contributed by atoms with Crippen molar-refractivity contribution in [3.8, 4) is 0 Å². The molecule has 3 nitrogen and oxygen atoms in total. The van der Waals surface area contributed by atoms with Gasteiger partial charge < -0.3 is 10.1 Å². The van der Waals surface area contributed by atoms with E-state index < -0.39 is 0 Å². The van der Waals surface area contributed by atoms with Crippen molar-refractivity contribution in [1.29, 1.82) is 0 Å². The molecule has 0 fully saturated rings. The number of carbonyl (C=O) groups is 1. The number of nitrogens with one attached hydrogen (secondary N) is 1. The van der Waals surface area contributed by atoms with E-state index >= 15 is 0 Å². The molecule has 0 saturated carbocycles. The lowest BCUT2D eigenvalue weighted by Gasteiger charge is -2.07. The lowest BCUT2D eigenvalue weighted by Crippen LogP contribution is -2.24. The second-order valence-corrected chi connectivity index (χ2v) is 6.21. The second kappa shape index (κ2) is 7.65. The lowest BCUT2D eigenvalue weighted by atomic mass is 10.00. The third-order valence-corrected chi connectivity index (χ3v) is 4.77. The van der Waals surface area contributed by atoms with Crippen LogP contribution in [0.15, 0.2) is 6.07 Å². The summed E-state index contributed by atoms with van der Waals surface area (Å²) in [6.45, 7) is 1.39. The topological polar surface area (TPSA) is 38.3 Å². The third kappa shape index (κ3) is 4.32. The van der Waals surface area contributed by atoms with Crippen LogP contribution in [0.5, 0.6) is 0 Å². The highest BCUT2D eigenvalue weighted by Crippen LogP contribution is 2.28. The van der Waals surface area contributed by atoms with Crippen LogP contribution in [0.3, 0.4) is 0 Å². The van der Waals surface area contributed by atoms with Crippen LogP contribution in [-0.4, -0.2) is 26.2 Å². The molecule has 1 amide bonds. The molecule has 1 heterocycles. The highest BCUT2D eigenvalue weighted by molar-refractivity contribution is 7.14. The number of amides is 1. The van der Waals surface area contributed by atoms with Crippen molar-refractivity contribution in [2.75, 3.05) is 20.3 Å². The van der Waals surface area contributed by atoms with Crippen LogP contribution < -0.4 is 5.32 Å². The molecular formula is C15H23NO2S. The molecule has 1 N–H and O–H groups in total. The molecule has 0 bridgehead atoms. The van der Waals surface area contributed by atoms with Gasteiger partial charge in [-0.3, -0.25) is 4.79 Å². The molecule has 0 aliphatic heterocycles. The van der Waals surface area contributed by atoms with Gasteiger partial charge >= 0.3 is 0 Å². The van der Waals surface area contributed by atoms with Crippen LogP contribution in [0.25, 0.3) is 0 Å². The minimum Gasteiger partial charge on any atom is -0.385 e. The second-order valence-electron chi connectivity index (χ2n) is 5.08. The van der Waals surface area contributed by atoms with Gasteiger partial charge in [0.2, 0.25) is 0 Å². The standard InChI is InChI=1S/C15H23NO2S/c1-18-10-6-9-16-15(17)14-11-12-7-4-2-3-5-8-13(12)19-14/h11H,2-10H2,1H3,(H,16,17). The van der Waals surface area contributed by atoms with Crippen molar-refractivity contribution in [3.63, 3.8) is 0 Å². The zero-order valence-electron chi connectivity index (χ0n) is 11.7. The van der Waals surface area contributed by atoms with E-state index in [-0.39, 0.29) is 5.91 Å². The molecule has 0 unspecified atom stereocenters. The average molecular weight is 281 g/mol. The predicted molar refractivity (Wildman–Crippen MR) is 79.0 cm³/mol. The van der Waals surface area contributed by atoms with Crippen molar-refractivity contribution in [1.82, 2.24) is 5.32 Å². The first-order valence-electron chi connectivity index (χ1n) is 7.20. The number of ether oxygens (including phenoxy) is 1. The molecule has 0 aromatic carbocycles. The van der Waals surface area contributed by atoms with Crippen LogP contribution in [-0.2, 0) is 17.6 Å². The molecule has 1 aliphatic carbocycles. The fourth-order valence-corrected chi connectivity index (χ4v) is 3.63. The third-order valence-electron chi connectivity index (χ3n) is 3.53. The minimum atomic E-state index is 0.0767. The monoisotopic (exact) mass is 281 g/mol. The van der Waals surface area contributed by atoms with Gasteiger partial charge in [-0.1, -0.05) is 12.8 Å². The Labute approximate surface area is 119 Å². The van der Waals surface area contributed by atoms with Crippen LogP contribution in [0, 0.1) is 0 Å². The summed E-state index contributed by atoms with van der Waals surface area (Å²) in [5.74, 6) is 0.0767. The van der Waals surface area contributed by atoms with Crippen LogP contribution >= 0.6 is 11.3 Å². The Balaban J connectivity index is 1.92. The molecule has 106 valence electrons. The first kappa shape index (κ1) is 14.5. The molecule has 4 heteroatoms. The summed E-state index contributed by atoms with van der Waals surface area (Å²) >= 11 is 1.69. The quantitative estimate of drug-likeness (QED) is 0.842. The Morgan fingerprint density at radius 1 is 1.32 bits per heavy atom. The van der Waals surface area contributed by atoms with Gasteiger partial charge in [0.1, 0.15) is 0 Å². The highest BCUT2D eigenvalue weighted by atomic mass is 32.1. The Bertz CT molecular complexity index is 389. The zero-order valence-corrected chi connectivity index (χ0v) is 12.5. The maximum Gasteiger partial charge on any atom is 0.261 e. The van der Waals surface area contributed by atoms with Crippen LogP contribution in [0.2, 0.25) is 0 Å². The first-order valence-corrected chi connectivity index (χ1v) is 8.01. The Morgan fingerprint density at radius 2 is 2.11 bits per heavy atom. The predicted octanol–water partition coefficient (Wildman–Crippen LogP) is 3.17. The van der Waals surface area contributed by atoms with E-state index in [0.717, 1.165) is 24.1 Å². The van der Waals surface area contributed by atoms with Crippen molar-refractivity contribution in [2.24, 2.45) is 0 Å². The van der Waals surface area contributed by atoms with Gasteiger partial charge in [0.25, 0.3) is 5.91 Å². The van der Waals surface area contributed by atoms with Gasteiger partial charge in [-0.05, 0) is 43.7 Å². The van der Waals surface area contributed by atoms with Crippen LogP contribution in [0.1, 0.15) is 52.2 Å². The molecular weight excluding hydrogens is 258 g/mol. The summed E-state index contributed by atoms with van der Waals surface area (Å²) in [5.41, 5.74) is 1.41. The first-order chi connectivity index (χ1) is 9.31. The van der Waals surface area contributed by atoms with E-state index in [0.29, 0.717) is 13.2 Å². The fourth-order valence-electron chi connectivity index (χ4n) is 2.46. The summed E-state index contributed by atoms with van der Waals surface area (Å²) in [6.07, 6.45) is 8.35. The molecule has 2 rings (SSSR count). The Hall–Kier alpha value is -0.870. The normalized spacial score (nSPS) is 15.4. The van der Waals surface area contributed by atoms with E-state index in [1.165, 1.54) is 36.1 Å². The van der Waals surface area contributed by atoms with E-state index in [2.05, 4.69) is 11.4 Å². The molecule has 0 radical (unpaired) electrons. The molecule has 0 spiro atoms. The lowest BCUT2D eigenvalue weighted by molar-refractivity contribution is 0.0952. The van der Waals surface area contributed by atoms with Gasteiger partial charge in [0.15, 0.2) is 0 Å². The van der Waals surface area contributed by atoms with E-state index in [1.54, 1.807) is 18.4 Å². The fraction of sp³-hybridized carbons (Fsp3) is 0.667. The summed E-state index contributed by atoms with van der Waals surface area (Å²) < 4.78 is 4.97. The summed E-state index contributed by atoms with van der Waals surface area (Å²) in [6, 6.07) is 2.11. The van der Waals surface area contributed by atoms with Crippen molar-refractivity contribution < 1.29 is 9.53 Å². The number of hydrogen-bond acceptors (Lipinski definition) is 3. The molecule has 0 saturated heterocycles. The van der Waals surface area contributed by atoms with Gasteiger partial charge in [-0.2, -0.15) is 0 Å². The maximum absolute atomic E-state index is 12.1. The summed E-state index contributed by atoms with van der Waals surface area (Å²) in [4.78, 5) is 14.4. The number of carbonyl (C=O) groups excluding carboxylic acids is 1. The largest absolute Gasteiger partial charge is 0.385 e. The maximum atomic E-state index is 12.1. The Kier molecular flexibility index (Phi) is 5.86. The molecule has 1 aromatic heterocycles. The van der Waals surface area contributed by atoms with Crippen LogP contribution in [0.4, 0.5) is 0 Å². The number of methoxy groups -OCH3 is 1. The van der Waals surface area contributed by atoms with Gasteiger partial charge in [0.05, 0.1) is 4.88 Å². The Morgan fingerprint density at radius 3 is 2.89 bits per heavy atom. The molecule has 0 atom stereocenters. The number of fused-ring (bicyclic) bond motifs is 1. The van der Waals surface area contributed by atoms with Crippen molar-refractivity contribution >= 4 is 17.2 Å². The summed E-state index contributed by atoms with van der Waals surface area (Å²) in [7, 11) is 1.68. The number of rotatable bonds is 5. The number of hydrogen-bond donors (Lipinski definition) is 1. The summed E-state index contributed by atoms with van der Waals surface area (Å²) in [5, 5.41) is 2.97. The number of thiophene rings is 1. The van der Waals surface area contributed by atoms with E-state index in [1.807, 2.05) is 0 Å².